The highest BCUT2D eigenvalue weighted by molar-refractivity contribution is 6.42. The summed E-state index contributed by atoms with van der Waals surface area (Å²) in [6.45, 7) is 0. The van der Waals surface area contributed by atoms with E-state index in [1.165, 1.54) is 0 Å². The average Bonchev–Trinajstić information content (AvgIpc) is 2.11. The molecular formula is C10H11Cl3N2. The Morgan fingerprint density at radius 1 is 1.27 bits per heavy atom. The van der Waals surface area contributed by atoms with Crippen molar-refractivity contribution >= 4 is 35.6 Å². The molecule has 1 atom stereocenters. The predicted octanol–water partition coefficient (Wildman–Crippen LogP) is 3.54. The molecule has 1 aromatic carbocycles. The summed E-state index contributed by atoms with van der Waals surface area (Å²) in [6, 6.07) is 7.13. The van der Waals surface area contributed by atoms with Crippen molar-refractivity contribution in [3.05, 3.63) is 33.8 Å². The van der Waals surface area contributed by atoms with Gasteiger partial charge >= 0.3 is 0 Å². The Bertz CT molecular complexity index is 371. The number of nitriles is 1. The molecular weight excluding hydrogens is 254 g/mol. The van der Waals surface area contributed by atoms with Crippen LogP contribution in [0.4, 0.5) is 0 Å². The van der Waals surface area contributed by atoms with Crippen molar-refractivity contribution in [2.75, 3.05) is 14.1 Å². The molecule has 0 heterocycles. The van der Waals surface area contributed by atoms with Crippen molar-refractivity contribution in [1.82, 2.24) is 4.90 Å². The van der Waals surface area contributed by atoms with Gasteiger partial charge in [0.2, 0.25) is 0 Å². The van der Waals surface area contributed by atoms with Gasteiger partial charge in [0.05, 0.1) is 16.1 Å². The summed E-state index contributed by atoms with van der Waals surface area (Å²) < 4.78 is 0. The van der Waals surface area contributed by atoms with Crippen LogP contribution in [0.3, 0.4) is 0 Å². The minimum absolute atomic E-state index is 0. The molecule has 15 heavy (non-hydrogen) atoms. The molecule has 1 aromatic rings. The molecule has 1 unspecified atom stereocenters. The lowest BCUT2D eigenvalue weighted by Crippen LogP contribution is -2.18. The third-order valence-electron chi connectivity index (χ3n) is 1.90. The van der Waals surface area contributed by atoms with Gasteiger partial charge in [-0.05, 0) is 31.8 Å². The van der Waals surface area contributed by atoms with Crippen molar-refractivity contribution in [2.45, 2.75) is 6.04 Å². The van der Waals surface area contributed by atoms with Gasteiger partial charge in [0.15, 0.2) is 0 Å². The summed E-state index contributed by atoms with van der Waals surface area (Å²) in [6.07, 6.45) is 0. The highest BCUT2D eigenvalue weighted by Crippen LogP contribution is 2.26. The zero-order valence-corrected chi connectivity index (χ0v) is 10.7. The van der Waals surface area contributed by atoms with Gasteiger partial charge in [-0.2, -0.15) is 5.26 Å². The van der Waals surface area contributed by atoms with Crippen LogP contribution < -0.4 is 0 Å². The van der Waals surface area contributed by atoms with Crippen LogP contribution in [0.2, 0.25) is 10.0 Å². The van der Waals surface area contributed by atoms with Gasteiger partial charge in [-0.1, -0.05) is 29.3 Å². The second-order valence-electron chi connectivity index (χ2n) is 3.17. The smallest absolute Gasteiger partial charge is 0.123 e. The second-order valence-corrected chi connectivity index (χ2v) is 3.98. The molecule has 0 bridgehead atoms. The van der Waals surface area contributed by atoms with Crippen LogP contribution in [0, 0.1) is 11.3 Å². The monoisotopic (exact) mass is 264 g/mol. The quantitative estimate of drug-likeness (QED) is 0.818. The molecule has 0 saturated heterocycles. The van der Waals surface area contributed by atoms with Gasteiger partial charge in [0.25, 0.3) is 0 Å². The molecule has 0 aliphatic heterocycles. The third kappa shape index (κ3) is 3.55. The molecule has 0 radical (unpaired) electrons. The summed E-state index contributed by atoms with van der Waals surface area (Å²) in [5, 5.41) is 9.93. The normalized spacial score (nSPS) is 11.7. The topological polar surface area (TPSA) is 27.0 Å². The van der Waals surface area contributed by atoms with Gasteiger partial charge in [-0.15, -0.1) is 12.4 Å². The van der Waals surface area contributed by atoms with Gasteiger partial charge in [-0.3, -0.25) is 4.90 Å². The summed E-state index contributed by atoms with van der Waals surface area (Å²) in [5.74, 6) is 0. The van der Waals surface area contributed by atoms with E-state index >= 15 is 0 Å². The van der Waals surface area contributed by atoms with Crippen LogP contribution in [0.15, 0.2) is 18.2 Å². The maximum atomic E-state index is 8.94. The molecule has 5 heteroatoms. The summed E-state index contributed by atoms with van der Waals surface area (Å²) in [7, 11) is 3.69. The largest absolute Gasteiger partial charge is 0.291 e. The van der Waals surface area contributed by atoms with E-state index in [0.717, 1.165) is 5.56 Å². The standard InChI is InChI=1S/C10H10Cl2N2.ClH/c1-14(2)10(6-13)7-3-4-8(11)9(12)5-7;/h3-5,10H,1-2H3;1H. The lowest BCUT2D eigenvalue weighted by molar-refractivity contribution is 0.358. The van der Waals surface area contributed by atoms with E-state index in [1.807, 2.05) is 25.1 Å². The minimum atomic E-state index is -0.287. The Kier molecular flexibility index (Phi) is 6.00. The van der Waals surface area contributed by atoms with Gasteiger partial charge < -0.3 is 0 Å². The molecule has 0 N–H and O–H groups in total. The van der Waals surface area contributed by atoms with E-state index in [1.54, 1.807) is 12.1 Å². The Morgan fingerprint density at radius 3 is 2.27 bits per heavy atom. The van der Waals surface area contributed by atoms with E-state index in [-0.39, 0.29) is 18.4 Å². The molecule has 0 saturated carbocycles. The van der Waals surface area contributed by atoms with Crippen molar-refractivity contribution < 1.29 is 0 Å². The molecule has 0 aliphatic carbocycles. The van der Waals surface area contributed by atoms with Crippen LogP contribution in [0.5, 0.6) is 0 Å². The molecule has 0 aromatic heterocycles. The first kappa shape index (κ1) is 14.5. The van der Waals surface area contributed by atoms with E-state index in [2.05, 4.69) is 6.07 Å². The molecule has 82 valence electrons. The highest BCUT2D eigenvalue weighted by atomic mass is 35.5. The Labute approximate surface area is 106 Å². The number of hydrogen-bond donors (Lipinski definition) is 0. The minimum Gasteiger partial charge on any atom is -0.291 e. The van der Waals surface area contributed by atoms with E-state index < -0.39 is 0 Å². The zero-order chi connectivity index (χ0) is 10.7. The lowest BCUT2D eigenvalue weighted by Gasteiger charge is -2.17. The molecule has 1 rings (SSSR count). The highest BCUT2D eigenvalue weighted by Gasteiger charge is 2.13. The zero-order valence-electron chi connectivity index (χ0n) is 8.37. The predicted molar refractivity (Wildman–Crippen MR) is 65.8 cm³/mol. The Balaban J connectivity index is 0.00000196. The van der Waals surface area contributed by atoms with Crippen LogP contribution in [0.25, 0.3) is 0 Å². The molecule has 0 spiro atoms. The lowest BCUT2D eigenvalue weighted by atomic mass is 10.1. The number of benzene rings is 1. The summed E-state index contributed by atoms with van der Waals surface area (Å²) in [5.41, 5.74) is 0.854. The first-order valence-corrected chi connectivity index (χ1v) is 4.83. The fourth-order valence-corrected chi connectivity index (χ4v) is 1.48. The molecule has 0 amide bonds. The van der Waals surface area contributed by atoms with Crippen LogP contribution >= 0.6 is 35.6 Å². The Morgan fingerprint density at radius 2 is 1.87 bits per heavy atom. The molecule has 0 fully saturated rings. The van der Waals surface area contributed by atoms with E-state index in [9.17, 15) is 0 Å². The van der Waals surface area contributed by atoms with E-state index in [4.69, 9.17) is 28.5 Å². The maximum Gasteiger partial charge on any atom is 0.123 e. The number of nitrogens with zero attached hydrogens (tertiary/aromatic N) is 2. The van der Waals surface area contributed by atoms with Gasteiger partial charge in [0, 0.05) is 0 Å². The van der Waals surface area contributed by atoms with Crippen LogP contribution in [-0.2, 0) is 0 Å². The summed E-state index contributed by atoms with van der Waals surface area (Å²) in [4.78, 5) is 1.82. The van der Waals surface area contributed by atoms with Gasteiger partial charge in [0.1, 0.15) is 6.04 Å². The first-order valence-electron chi connectivity index (χ1n) is 4.07. The van der Waals surface area contributed by atoms with Crippen LogP contribution in [-0.4, -0.2) is 19.0 Å². The first-order chi connectivity index (χ1) is 6.56. The maximum absolute atomic E-state index is 8.94. The fraction of sp³-hybridized carbons (Fsp3) is 0.300. The number of halogens is 3. The summed E-state index contributed by atoms with van der Waals surface area (Å²) >= 11 is 11.6. The number of rotatable bonds is 2. The van der Waals surface area contributed by atoms with Crippen LogP contribution in [0.1, 0.15) is 11.6 Å². The molecule has 0 aliphatic rings. The SMILES string of the molecule is CN(C)C(C#N)c1ccc(Cl)c(Cl)c1.Cl. The van der Waals surface area contributed by atoms with Gasteiger partial charge in [-0.25, -0.2) is 0 Å². The number of hydrogen-bond acceptors (Lipinski definition) is 2. The fourth-order valence-electron chi connectivity index (χ4n) is 1.17. The van der Waals surface area contributed by atoms with Crippen molar-refractivity contribution in [3.63, 3.8) is 0 Å². The van der Waals surface area contributed by atoms with Crippen molar-refractivity contribution in [1.29, 1.82) is 5.26 Å². The third-order valence-corrected chi connectivity index (χ3v) is 2.64. The van der Waals surface area contributed by atoms with E-state index in [0.29, 0.717) is 10.0 Å². The van der Waals surface area contributed by atoms with Crippen molar-refractivity contribution in [2.24, 2.45) is 0 Å². The van der Waals surface area contributed by atoms with Crippen molar-refractivity contribution in [3.8, 4) is 6.07 Å². The average molecular weight is 266 g/mol. The Hall–Kier alpha value is -0.460. The molecule has 2 nitrogen and oxygen atoms in total. The second kappa shape index (κ2) is 6.19.